The number of aldehydes is 1. The number of fused-ring (bicyclic) bond motifs is 1. The zero-order chi connectivity index (χ0) is 36.4. The van der Waals surface area contributed by atoms with Crippen LogP contribution in [0.2, 0.25) is 10.0 Å². The number of aromatic hydroxyl groups is 1. The smallest absolute Gasteiger partial charge is 0.417 e. The van der Waals surface area contributed by atoms with E-state index >= 15 is 0 Å². The molecule has 5 rings (SSSR count). The lowest BCUT2D eigenvalue weighted by Crippen LogP contribution is -2.49. The summed E-state index contributed by atoms with van der Waals surface area (Å²) in [5.41, 5.74) is -1.39. The van der Waals surface area contributed by atoms with Crippen LogP contribution in [-0.4, -0.2) is 58.9 Å². The van der Waals surface area contributed by atoms with E-state index in [0.29, 0.717) is 49.1 Å². The van der Waals surface area contributed by atoms with E-state index in [1.165, 1.54) is 0 Å². The molecule has 1 saturated heterocycles. The minimum atomic E-state index is -4.80. The zero-order valence-corrected chi connectivity index (χ0v) is 28.8. The van der Waals surface area contributed by atoms with Gasteiger partial charge in [-0.1, -0.05) is 35.0 Å². The average Bonchev–Trinajstić information content (AvgIpc) is 3.31. The van der Waals surface area contributed by atoms with Gasteiger partial charge in [0.25, 0.3) is 5.56 Å². The number of phenolic OH excluding ortho intramolecular Hbond substituents is 1. The number of benzene rings is 2. The van der Waals surface area contributed by atoms with Crippen LogP contribution in [0.5, 0.6) is 5.75 Å². The maximum atomic E-state index is 13.3. The summed E-state index contributed by atoms with van der Waals surface area (Å²) in [6, 6.07) is 8.03. The molecule has 1 atom stereocenters. The number of hydrogen-bond acceptors (Lipinski definition) is 7. The number of alkyl halides is 6. The number of anilines is 1. The summed E-state index contributed by atoms with van der Waals surface area (Å²) in [7, 11) is 1.98. The van der Waals surface area contributed by atoms with E-state index < -0.39 is 39.0 Å². The van der Waals surface area contributed by atoms with E-state index in [1.54, 1.807) is 20.9 Å². The number of aromatic nitrogens is 1. The second-order valence-corrected chi connectivity index (χ2v) is 13.3. The molecule has 2 aromatic carbocycles. The van der Waals surface area contributed by atoms with E-state index in [4.69, 9.17) is 40.1 Å². The van der Waals surface area contributed by atoms with E-state index in [1.807, 2.05) is 20.0 Å². The van der Waals surface area contributed by atoms with Gasteiger partial charge in [0, 0.05) is 37.1 Å². The van der Waals surface area contributed by atoms with Crippen molar-refractivity contribution in [2.45, 2.75) is 53.7 Å². The Morgan fingerprint density at radius 3 is 2.43 bits per heavy atom. The number of aromatic amines is 1. The second kappa shape index (κ2) is 15.1. The molecule has 2 aliphatic rings. The predicted octanol–water partition coefficient (Wildman–Crippen LogP) is 8.40. The Hall–Kier alpha value is -3.55. The molecule has 0 aliphatic carbocycles. The topological polar surface area (TPSA) is 121 Å². The van der Waals surface area contributed by atoms with Crippen LogP contribution in [0.15, 0.2) is 44.9 Å². The molecule has 0 bridgehead atoms. The number of amides is 2. The molecule has 0 saturated carbocycles. The van der Waals surface area contributed by atoms with Crippen molar-refractivity contribution >= 4 is 64.6 Å². The number of hydrogen-bond donors (Lipinski definition) is 2. The number of phenols is 1. The number of nitrogens with zero attached hydrogens (tertiary/aromatic N) is 4. The molecule has 0 radical (unpaired) electrons. The van der Waals surface area contributed by atoms with Gasteiger partial charge in [0.15, 0.2) is 6.29 Å². The normalized spacial score (nSPS) is 16.6. The average molecular weight is 767 g/mol. The third kappa shape index (κ3) is 8.26. The molecule has 1 unspecified atom stereocenters. The predicted molar refractivity (Wildman–Crippen MR) is 175 cm³/mol. The van der Waals surface area contributed by atoms with Crippen LogP contribution in [0.25, 0.3) is 0 Å². The lowest BCUT2D eigenvalue weighted by atomic mass is 10.0. The van der Waals surface area contributed by atoms with E-state index in [0.717, 1.165) is 36.7 Å². The molecule has 49 heavy (non-hydrogen) atoms. The van der Waals surface area contributed by atoms with Gasteiger partial charge in [0.2, 0.25) is 0 Å². The van der Waals surface area contributed by atoms with Crippen molar-refractivity contribution in [2.24, 2.45) is 0 Å². The first-order chi connectivity index (χ1) is 22.9. The first-order valence-electron chi connectivity index (χ1n) is 14.4. The number of carbonyl (C=O) groups excluding carboxylic acids is 2. The molecule has 3 heterocycles. The number of urea groups is 1. The van der Waals surface area contributed by atoms with Gasteiger partial charge >= 0.3 is 17.6 Å². The molecule has 2 N–H and O–H groups in total. The Kier molecular flexibility index (Phi) is 11.8. The number of nitriles is 1. The molecule has 2 amide bonds. The van der Waals surface area contributed by atoms with Gasteiger partial charge in [0.1, 0.15) is 11.4 Å². The van der Waals surface area contributed by atoms with Crippen LogP contribution in [0.1, 0.15) is 58.5 Å². The summed E-state index contributed by atoms with van der Waals surface area (Å²) in [6.45, 7) is 4.76. The minimum Gasteiger partial charge on any atom is -0.506 e. The zero-order valence-electron chi connectivity index (χ0n) is 25.7. The van der Waals surface area contributed by atoms with Gasteiger partial charge in [-0.25, -0.2) is 4.79 Å². The molecule has 1 aromatic heterocycles. The highest BCUT2D eigenvalue weighted by atomic mass is 35.5. The van der Waals surface area contributed by atoms with Crippen molar-refractivity contribution in [3.63, 3.8) is 0 Å². The molecule has 9 nitrogen and oxygen atoms in total. The number of pyridine rings is 1. The highest BCUT2D eigenvalue weighted by molar-refractivity contribution is 7.99. The molecule has 1 fully saturated rings. The van der Waals surface area contributed by atoms with Crippen molar-refractivity contribution in [3.8, 4) is 11.8 Å². The highest BCUT2D eigenvalue weighted by Crippen LogP contribution is 2.46. The van der Waals surface area contributed by atoms with Crippen molar-refractivity contribution < 1.29 is 36.6 Å². The molecule has 3 aromatic rings. The molecule has 18 heteroatoms. The Balaban J connectivity index is 0.000000222. The molecule has 2 aliphatic heterocycles. The largest absolute Gasteiger partial charge is 0.506 e. The summed E-state index contributed by atoms with van der Waals surface area (Å²) in [5, 5.41) is 14.4. The van der Waals surface area contributed by atoms with Crippen LogP contribution in [0.4, 0.5) is 32.4 Å². The first-order valence-corrected chi connectivity index (χ1v) is 16.4. The van der Waals surface area contributed by atoms with Gasteiger partial charge in [-0.2, -0.15) is 27.2 Å². The minimum absolute atomic E-state index is 0.0131. The Morgan fingerprint density at radius 2 is 1.84 bits per heavy atom. The Morgan fingerprint density at radius 1 is 1.14 bits per heavy atom. The van der Waals surface area contributed by atoms with E-state index in [-0.39, 0.29) is 38.9 Å². The van der Waals surface area contributed by atoms with Gasteiger partial charge in [0.05, 0.1) is 44.2 Å². The summed E-state index contributed by atoms with van der Waals surface area (Å²) < 4.78 is 65.4. The van der Waals surface area contributed by atoms with Crippen molar-refractivity contribution in [1.82, 2.24) is 14.8 Å². The van der Waals surface area contributed by atoms with Crippen molar-refractivity contribution in [3.05, 3.63) is 78.7 Å². The van der Waals surface area contributed by atoms with E-state index in [9.17, 15) is 41.4 Å². The maximum Gasteiger partial charge on any atom is 0.417 e. The van der Waals surface area contributed by atoms with Crippen LogP contribution < -0.4 is 10.5 Å². The SMILES string of the molecule is CCN1CCCN(c2cc3c(cc2O)C(CC#N)N(C)C3)C1=O.O=Cc1c(Sc2c(Cl)ccc(C(F)(F)F)c2Cl)cc(C(F)(F)Cl)[nH]c1=O. The maximum absolute atomic E-state index is 13.3. The van der Waals surface area contributed by atoms with Crippen molar-refractivity contribution in [1.29, 1.82) is 5.26 Å². The Bertz CT molecular complexity index is 1870. The summed E-state index contributed by atoms with van der Waals surface area (Å²) >= 11 is 16.8. The molecule has 262 valence electrons. The second-order valence-electron chi connectivity index (χ2n) is 10.9. The molecule has 0 spiro atoms. The standard InChI is InChI=1S/C17H22N4O2.C14H5Cl3F5NO2S/c1-3-20-7-4-8-21(17(20)23)15-9-12-11-19(2)14(5-6-18)13(12)10-16(15)22;15-7-2-1-6(14(20,21)22)10(16)11(7)26-8-3-9(13(17,18)19)23-12(25)5(8)4-24/h9-10,14,22H,3-5,7-8,11H2,1-2H3;1-4H,(H,23,25). The Labute approximate surface area is 296 Å². The van der Waals surface area contributed by atoms with Gasteiger partial charge in [-0.3, -0.25) is 19.4 Å². The molecular weight excluding hydrogens is 740 g/mol. The monoisotopic (exact) mass is 765 g/mol. The van der Waals surface area contributed by atoms with Gasteiger partial charge in [-0.15, -0.1) is 0 Å². The first kappa shape index (κ1) is 38.3. The number of rotatable bonds is 7. The summed E-state index contributed by atoms with van der Waals surface area (Å²) in [4.78, 5) is 42.0. The van der Waals surface area contributed by atoms with Crippen LogP contribution in [-0.2, 0) is 18.1 Å². The summed E-state index contributed by atoms with van der Waals surface area (Å²) in [5.74, 6) is 0.119. The fourth-order valence-electron chi connectivity index (χ4n) is 5.42. The van der Waals surface area contributed by atoms with Crippen LogP contribution in [0.3, 0.4) is 0 Å². The lowest BCUT2D eigenvalue weighted by molar-refractivity contribution is -0.137. The lowest BCUT2D eigenvalue weighted by Gasteiger charge is -2.35. The quantitative estimate of drug-likeness (QED) is 0.141. The highest BCUT2D eigenvalue weighted by Gasteiger charge is 2.36. The van der Waals surface area contributed by atoms with Crippen LogP contribution >= 0.6 is 46.6 Å². The van der Waals surface area contributed by atoms with Crippen molar-refractivity contribution in [2.75, 3.05) is 31.6 Å². The fourth-order valence-corrected chi connectivity index (χ4v) is 7.24. The number of nitrogens with one attached hydrogen (secondary N) is 1. The summed E-state index contributed by atoms with van der Waals surface area (Å²) in [6.07, 6.45) is -3.44. The van der Waals surface area contributed by atoms with Crippen LogP contribution in [0, 0.1) is 11.3 Å². The fraction of sp³-hybridized carbons (Fsp3) is 0.355. The third-order valence-corrected chi connectivity index (χ3v) is 10.2. The number of carbonyl (C=O) groups is 2. The number of halogens is 8. The van der Waals surface area contributed by atoms with Gasteiger partial charge < -0.3 is 15.0 Å². The molecular formula is C31H27Cl3F5N5O4S. The number of H-pyrrole nitrogens is 1. The third-order valence-electron chi connectivity index (χ3n) is 7.84. The van der Waals surface area contributed by atoms with E-state index in [2.05, 4.69) is 11.0 Å². The van der Waals surface area contributed by atoms with Gasteiger partial charge in [-0.05, 0) is 73.5 Å².